The van der Waals surface area contributed by atoms with Crippen molar-refractivity contribution in [2.75, 3.05) is 0 Å². The van der Waals surface area contributed by atoms with Crippen LogP contribution in [0, 0.1) is 0 Å². The lowest BCUT2D eigenvalue weighted by molar-refractivity contribution is 0.689. The smallest absolute Gasteiger partial charge is 0.0774 e. The summed E-state index contributed by atoms with van der Waals surface area (Å²) in [6.07, 6.45) is 0. The lowest BCUT2D eigenvalue weighted by Gasteiger charge is -2.00. The lowest BCUT2D eigenvalue weighted by atomic mass is 10.4. The Morgan fingerprint density at radius 3 is 2.27 bits per heavy atom. The van der Waals surface area contributed by atoms with Crippen LogP contribution in [0.15, 0.2) is 29.2 Å². The van der Waals surface area contributed by atoms with Crippen molar-refractivity contribution in [2.45, 2.75) is 4.90 Å². The van der Waals surface area contributed by atoms with Crippen molar-refractivity contribution in [2.24, 2.45) is 0 Å². The van der Waals surface area contributed by atoms with Crippen LogP contribution in [0.25, 0.3) is 0 Å². The Hall–Kier alpha value is -0.180. The normalized spacial score (nSPS) is 15.8. The third kappa shape index (κ3) is 2.12. The van der Waals surface area contributed by atoms with Gasteiger partial charge in [-0.25, -0.2) is 4.21 Å². The van der Waals surface area contributed by atoms with Crippen LogP contribution in [0.3, 0.4) is 0 Å². The fraction of sp³-hybridized carbons (Fsp3) is 0. The molecule has 4 heteroatoms. The maximum Gasteiger partial charge on any atom is 0.0774 e. The van der Waals surface area contributed by atoms with Crippen LogP contribution in [0.4, 0.5) is 0 Å². The van der Waals surface area contributed by atoms with E-state index in [0.717, 1.165) is 0 Å². The highest BCUT2D eigenvalue weighted by Crippen LogP contribution is 2.23. The van der Waals surface area contributed by atoms with E-state index >= 15 is 0 Å². The van der Waals surface area contributed by atoms with Crippen LogP contribution in [-0.2, 0) is 8.74 Å². The number of hydrogen-bond acceptors (Lipinski definition) is 1. The summed E-state index contributed by atoms with van der Waals surface area (Å²) in [5, 5.41) is 0.391. The summed E-state index contributed by atoms with van der Waals surface area (Å²) in [4.78, 5) is 0.392. The number of hydrogen-bond donors (Lipinski definition) is 0. The Balaban J connectivity index is 3.37. The maximum absolute atomic E-state index is 11.2. The first-order chi connectivity index (χ1) is 5.02. The molecule has 1 atom stereocenters. The zero-order valence-corrected chi connectivity index (χ0v) is 7.92. The highest BCUT2D eigenvalue weighted by molar-refractivity contribution is 8.21. The van der Waals surface area contributed by atoms with Gasteiger partial charge in [-0.2, -0.15) is 0 Å². The van der Waals surface area contributed by atoms with E-state index < -0.39 is 8.74 Å². The first kappa shape index (κ1) is 8.91. The average Bonchev–Trinajstić information content (AvgIpc) is 1.86. The van der Waals surface area contributed by atoms with Gasteiger partial charge < -0.3 is 0 Å². The third-order valence-electron chi connectivity index (χ3n) is 1.17. The molecule has 1 unspecified atom stereocenters. The summed E-state index contributed by atoms with van der Waals surface area (Å²) >= 11 is 5.71. The lowest BCUT2D eigenvalue weighted by Crippen LogP contribution is -1.89. The Labute approximate surface area is 75.5 Å². The molecule has 1 aromatic rings. The number of halogens is 2. The Bertz CT molecular complexity index is 356. The molecule has 60 valence electrons. The molecule has 0 saturated heterocycles. The molecule has 0 aromatic heterocycles. The molecule has 0 saturated carbocycles. The molecule has 1 rings (SSSR count). The molecule has 0 N–H and O–H groups in total. The fourth-order valence-corrected chi connectivity index (χ4v) is 2.36. The van der Waals surface area contributed by atoms with Gasteiger partial charge in [-0.1, -0.05) is 23.7 Å². The van der Waals surface area contributed by atoms with Gasteiger partial charge in [0.2, 0.25) is 0 Å². The zero-order chi connectivity index (χ0) is 8.48. The van der Waals surface area contributed by atoms with Crippen molar-refractivity contribution in [3.63, 3.8) is 0 Å². The minimum Gasteiger partial charge on any atom is -0.247 e. The van der Waals surface area contributed by atoms with Gasteiger partial charge in [0.15, 0.2) is 0 Å². The van der Waals surface area contributed by atoms with Gasteiger partial charge in [-0.15, -0.1) is 0 Å². The molecule has 1 aromatic carbocycles. The van der Waals surface area contributed by atoms with Crippen molar-refractivity contribution in [1.82, 2.24) is 0 Å². The average molecular weight is 209 g/mol. The van der Waals surface area contributed by atoms with Crippen molar-refractivity contribution < 1.29 is 4.21 Å². The van der Waals surface area contributed by atoms with Crippen molar-refractivity contribution in [1.29, 1.82) is 0 Å². The second-order valence-corrected chi connectivity index (χ2v) is 5.56. The van der Waals surface area contributed by atoms with Crippen molar-refractivity contribution in [3.8, 4) is 0 Å². The van der Waals surface area contributed by atoms with Crippen LogP contribution < -0.4 is 0 Å². The summed E-state index contributed by atoms with van der Waals surface area (Å²) < 4.78 is 11.2. The highest BCUT2D eigenvalue weighted by atomic mass is 35.7. The molecule has 0 spiro atoms. The SMILES string of the molecule is C=S(=O)(Cl)c1ccccc1Cl. The standard InChI is InChI=1S/C7H6Cl2OS/c1-11(9,10)7-5-3-2-4-6(7)8/h2-5H,1H2. The van der Waals surface area contributed by atoms with Crippen LogP contribution in [0.2, 0.25) is 5.02 Å². The van der Waals surface area contributed by atoms with Crippen LogP contribution in [-0.4, -0.2) is 10.1 Å². The van der Waals surface area contributed by atoms with E-state index in [9.17, 15) is 4.21 Å². The van der Waals surface area contributed by atoms with Crippen LogP contribution in [0.1, 0.15) is 0 Å². The molecule has 0 aliphatic rings. The fourth-order valence-electron chi connectivity index (χ4n) is 0.692. The predicted molar refractivity (Wildman–Crippen MR) is 50.8 cm³/mol. The topological polar surface area (TPSA) is 17.1 Å². The van der Waals surface area contributed by atoms with E-state index in [2.05, 4.69) is 5.87 Å². The monoisotopic (exact) mass is 208 g/mol. The van der Waals surface area contributed by atoms with Crippen LogP contribution in [0.5, 0.6) is 0 Å². The van der Waals surface area contributed by atoms with Gasteiger partial charge in [-0.05, 0) is 28.7 Å². The predicted octanol–water partition coefficient (Wildman–Crippen LogP) is 2.57. The summed E-state index contributed by atoms with van der Waals surface area (Å²) in [5.74, 6) is 3.31. The first-order valence-electron chi connectivity index (χ1n) is 2.83. The molecular weight excluding hydrogens is 203 g/mol. The number of benzene rings is 1. The van der Waals surface area contributed by atoms with Crippen molar-refractivity contribution >= 4 is 36.9 Å². The van der Waals surface area contributed by atoms with E-state index in [1.54, 1.807) is 24.3 Å². The second kappa shape index (κ2) is 3.05. The van der Waals surface area contributed by atoms with E-state index in [4.69, 9.17) is 22.3 Å². The molecule has 0 heterocycles. The summed E-state index contributed by atoms with van der Waals surface area (Å²) in [6.45, 7) is 0. The van der Waals surface area contributed by atoms with Gasteiger partial charge in [0.05, 0.1) is 18.7 Å². The molecule has 0 fully saturated rings. The molecule has 0 amide bonds. The molecular formula is C7H6Cl2OS. The molecule has 0 aliphatic carbocycles. The third-order valence-corrected chi connectivity index (χ3v) is 3.12. The number of rotatable bonds is 1. The van der Waals surface area contributed by atoms with E-state index in [-0.39, 0.29) is 0 Å². The highest BCUT2D eigenvalue weighted by Gasteiger charge is 2.06. The summed E-state index contributed by atoms with van der Waals surface area (Å²) in [6, 6.07) is 6.69. The molecule has 1 nitrogen and oxygen atoms in total. The van der Waals surface area contributed by atoms with Gasteiger partial charge in [0.25, 0.3) is 0 Å². The van der Waals surface area contributed by atoms with Gasteiger partial charge >= 0.3 is 0 Å². The quantitative estimate of drug-likeness (QED) is 0.513. The minimum absolute atomic E-state index is 0.391. The Morgan fingerprint density at radius 2 is 1.91 bits per heavy atom. The largest absolute Gasteiger partial charge is 0.247 e. The van der Waals surface area contributed by atoms with Gasteiger partial charge in [0, 0.05) is 0 Å². The summed E-state index contributed by atoms with van der Waals surface area (Å²) in [5.41, 5.74) is 0. The maximum atomic E-state index is 11.2. The van der Waals surface area contributed by atoms with Gasteiger partial charge in [0.1, 0.15) is 0 Å². The van der Waals surface area contributed by atoms with E-state index in [1.807, 2.05) is 0 Å². The van der Waals surface area contributed by atoms with Crippen molar-refractivity contribution in [3.05, 3.63) is 29.3 Å². The molecule has 0 radical (unpaired) electrons. The van der Waals surface area contributed by atoms with E-state index in [0.29, 0.717) is 9.92 Å². The molecule has 0 aliphatic heterocycles. The second-order valence-electron chi connectivity index (χ2n) is 2.03. The molecule has 11 heavy (non-hydrogen) atoms. The summed E-state index contributed by atoms with van der Waals surface area (Å²) in [7, 11) is 2.80. The van der Waals surface area contributed by atoms with E-state index in [1.165, 1.54) is 0 Å². The van der Waals surface area contributed by atoms with Gasteiger partial charge in [-0.3, -0.25) is 0 Å². The van der Waals surface area contributed by atoms with Crippen LogP contribution >= 0.6 is 22.3 Å². The zero-order valence-electron chi connectivity index (χ0n) is 5.59. The Morgan fingerprint density at radius 1 is 1.36 bits per heavy atom. The minimum atomic E-state index is -2.69. The Kier molecular flexibility index (Phi) is 2.47. The molecule has 0 bridgehead atoms. The first-order valence-corrected chi connectivity index (χ1v) is 5.76.